The van der Waals surface area contributed by atoms with Crippen molar-refractivity contribution in [1.29, 1.82) is 0 Å². The van der Waals surface area contributed by atoms with Crippen molar-refractivity contribution in [3.05, 3.63) is 49.6 Å². The maximum Gasteiger partial charge on any atom is 0.125 e. The molecular weight excluding hydrogens is 312 g/mol. The molecule has 0 aliphatic carbocycles. The summed E-state index contributed by atoms with van der Waals surface area (Å²) in [6, 6.07) is 5.88. The van der Waals surface area contributed by atoms with Crippen LogP contribution in [-0.2, 0) is 0 Å². The summed E-state index contributed by atoms with van der Waals surface area (Å²) < 4.78 is 6.34. The SMILES string of the molecule is COc1cc(C)c(Br)cc1C(O)c1sccc1C. The summed E-state index contributed by atoms with van der Waals surface area (Å²) in [7, 11) is 1.63. The molecular formula is C14H15BrO2S. The predicted octanol–water partition coefficient (Wildman–Crippen LogP) is 4.22. The molecule has 4 heteroatoms. The van der Waals surface area contributed by atoms with Crippen LogP contribution in [0.15, 0.2) is 28.1 Å². The lowest BCUT2D eigenvalue weighted by molar-refractivity contribution is 0.217. The van der Waals surface area contributed by atoms with Crippen molar-refractivity contribution >= 4 is 27.3 Å². The van der Waals surface area contributed by atoms with E-state index in [0.717, 1.165) is 31.8 Å². The van der Waals surface area contributed by atoms with E-state index < -0.39 is 6.10 Å². The highest BCUT2D eigenvalue weighted by Crippen LogP contribution is 2.37. The number of aryl methyl sites for hydroxylation is 2. The van der Waals surface area contributed by atoms with E-state index in [9.17, 15) is 5.11 Å². The molecule has 1 atom stereocenters. The van der Waals surface area contributed by atoms with Crippen molar-refractivity contribution < 1.29 is 9.84 Å². The zero-order valence-electron chi connectivity index (χ0n) is 10.5. The first kappa shape index (κ1) is 13.6. The van der Waals surface area contributed by atoms with Gasteiger partial charge in [0.15, 0.2) is 0 Å². The lowest BCUT2D eigenvalue weighted by atomic mass is 10.0. The molecule has 0 saturated heterocycles. The molecule has 0 saturated carbocycles. The van der Waals surface area contributed by atoms with Crippen LogP contribution in [-0.4, -0.2) is 12.2 Å². The minimum absolute atomic E-state index is 0.642. The second-order valence-corrected chi connectivity index (χ2v) is 6.02. The molecule has 0 aliphatic rings. The fraction of sp³-hybridized carbons (Fsp3) is 0.286. The van der Waals surface area contributed by atoms with Crippen molar-refractivity contribution in [3.63, 3.8) is 0 Å². The van der Waals surface area contributed by atoms with Crippen LogP contribution in [0.4, 0.5) is 0 Å². The van der Waals surface area contributed by atoms with Gasteiger partial charge in [-0.1, -0.05) is 15.9 Å². The van der Waals surface area contributed by atoms with Crippen LogP contribution in [0.2, 0.25) is 0 Å². The average Bonchev–Trinajstić information content (AvgIpc) is 2.77. The third-order valence-corrected chi connectivity index (χ3v) is 4.88. The van der Waals surface area contributed by atoms with Crippen LogP contribution in [0.1, 0.15) is 27.7 Å². The van der Waals surface area contributed by atoms with Crippen LogP contribution in [0, 0.1) is 13.8 Å². The normalized spacial score (nSPS) is 12.5. The van der Waals surface area contributed by atoms with Gasteiger partial charge in [-0.15, -0.1) is 11.3 Å². The van der Waals surface area contributed by atoms with Gasteiger partial charge < -0.3 is 9.84 Å². The van der Waals surface area contributed by atoms with Crippen molar-refractivity contribution in [1.82, 2.24) is 0 Å². The zero-order valence-corrected chi connectivity index (χ0v) is 12.9. The molecule has 96 valence electrons. The van der Waals surface area contributed by atoms with E-state index >= 15 is 0 Å². The quantitative estimate of drug-likeness (QED) is 0.915. The van der Waals surface area contributed by atoms with Crippen molar-refractivity contribution in [2.75, 3.05) is 7.11 Å². The Labute approximate surface area is 119 Å². The van der Waals surface area contributed by atoms with Crippen LogP contribution in [0.5, 0.6) is 5.75 Å². The molecule has 1 heterocycles. The Morgan fingerprint density at radius 3 is 2.56 bits per heavy atom. The minimum atomic E-state index is -0.642. The topological polar surface area (TPSA) is 29.5 Å². The van der Waals surface area contributed by atoms with Gasteiger partial charge in [0.05, 0.1) is 7.11 Å². The minimum Gasteiger partial charge on any atom is -0.496 e. The summed E-state index contributed by atoms with van der Waals surface area (Å²) in [5, 5.41) is 12.5. The van der Waals surface area contributed by atoms with Crippen LogP contribution in [0.25, 0.3) is 0 Å². The van der Waals surface area contributed by atoms with Crippen LogP contribution < -0.4 is 4.74 Å². The Hall–Kier alpha value is -0.840. The maximum absolute atomic E-state index is 10.5. The smallest absolute Gasteiger partial charge is 0.125 e. The molecule has 0 fully saturated rings. The third-order valence-electron chi connectivity index (χ3n) is 2.96. The lowest BCUT2D eigenvalue weighted by Crippen LogP contribution is -2.02. The molecule has 0 bridgehead atoms. The fourth-order valence-corrected chi connectivity index (χ4v) is 3.16. The Bertz CT molecular complexity index is 563. The number of hydrogen-bond donors (Lipinski definition) is 1. The first-order chi connectivity index (χ1) is 8.54. The number of benzene rings is 1. The van der Waals surface area contributed by atoms with Gasteiger partial charge in [0.25, 0.3) is 0 Å². The Kier molecular flexibility index (Phi) is 4.10. The molecule has 18 heavy (non-hydrogen) atoms. The number of hydrogen-bond acceptors (Lipinski definition) is 3. The first-order valence-corrected chi connectivity index (χ1v) is 7.28. The van der Waals surface area contributed by atoms with Crippen molar-refractivity contribution in [3.8, 4) is 5.75 Å². The predicted molar refractivity (Wildman–Crippen MR) is 78.5 cm³/mol. The monoisotopic (exact) mass is 326 g/mol. The molecule has 2 nitrogen and oxygen atoms in total. The maximum atomic E-state index is 10.5. The standard InChI is InChI=1S/C14H15BrO2S/c1-8-4-5-18-14(8)13(16)10-7-11(15)9(2)6-12(10)17-3/h4-7,13,16H,1-3H3. The van der Waals surface area contributed by atoms with Gasteiger partial charge in [0, 0.05) is 14.9 Å². The van der Waals surface area contributed by atoms with E-state index in [1.165, 1.54) is 0 Å². The zero-order chi connectivity index (χ0) is 13.3. The van der Waals surface area contributed by atoms with Gasteiger partial charge in [-0.25, -0.2) is 0 Å². The van der Waals surface area contributed by atoms with Gasteiger partial charge in [0.1, 0.15) is 11.9 Å². The summed E-state index contributed by atoms with van der Waals surface area (Å²) in [4.78, 5) is 0.962. The van der Waals surface area contributed by atoms with E-state index in [2.05, 4.69) is 15.9 Å². The third kappa shape index (κ3) is 2.46. The number of halogens is 1. The van der Waals surface area contributed by atoms with Gasteiger partial charge in [-0.3, -0.25) is 0 Å². The summed E-state index contributed by atoms with van der Waals surface area (Å²) in [6.45, 7) is 4.00. The van der Waals surface area contributed by atoms with Gasteiger partial charge in [0.2, 0.25) is 0 Å². The molecule has 1 unspecified atom stereocenters. The molecule has 1 aromatic carbocycles. The van der Waals surface area contributed by atoms with Gasteiger partial charge >= 0.3 is 0 Å². The van der Waals surface area contributed by atoms with Crippen molar-refractivity contribution in [2.45, 2.75) is 20.0 Å². The van der Waals surface area contributed by atoms with Gasteiger partial charge in [-0.2, -0.15) is 0 Å². The van der Waals surface area contributed by atoms with E-state index in [-0.39, 0.29) is 0 Å². The highest BCUT2D eigenvalue weighted by Gasteiger charge is 2.19. The molecule has 2 aromatic rings. The number of ether oxygens (including phenoxy) is 1. The summed E-state index contributed by atoms with van der Waals surface area (Å²) in [6.07, 6.45) is -0.642. The number of thiophene rings is 1. The van der Waals surface area contributed by atoms with E-state index in [1.807, 2.05) is 37.4 Å². The van der Waals surface area contributed by atoms with E-state index in [0.29, 0.717) is 0 Å². The second kappa shape index (κ2) is 5.43. The summed E-state index contributed by atoms with van der Waals surface area (Å²) >= 11 is 5.06. The molecule has 0 radical (unpaired) electrons. The molecule has 2 rings (SSSR count). The largest absolute Gasteiger partial charge is 0.496 e. The van der Waals surface area contributed by atoms with Crippen LogP contribution >= 0.6 is 27.3 Å². The molecule has 0 spiro atoms. The van der Waals surface area contributed by atoms with Crippen LogP contribution in [0.3, 0.4) is 0 Å². The van der Waals surface area contributed by atoms with Crippen molar-refractivity contribution in [2.24, 2.45) is 0 Å². The summed E-state index contributed by atoms with van der Waals surface area (Å²) in [5.41, 5.74) is 2.98. The lowest BCUT2D eigenvalue weighted by Gasteiger charge is -2.16. The molecule has 1 N–H and O–H groups in total. The highest BCUT2D eigenvalue weighted by atomic mass is 79.9. The first-order valence-electron chi connectivity index (χ1n) is 5.60. The molecule has 0 aliphatic heterocycles. The fourth-order valence-electron chi connectivity index (χ4n) is 1.87. The Balaban J connectivity index is 2.50. The summed E-state index contributed by atoms with van der Waals surface area (Å²) in [5.74, 6) is 0.719. The average molecular weight is 327 g/mol. The number of aliphatic hydroxyl groups excluding tert-OH is 1. The molecule has 1 aromatic heterocycles. The number of aliphatic hydroxyl groups is 1. The number of methoxy groups -OCH3 is 1. The van der Waals surface area contributed by atoms with E-state index in [1.54, 1.807) is 18.4 Å². The highest BCUT2D eigenvalue weighted by molar-refractivity contribution is 9.10. The van der Waals surface area contributed by atoms with Gasteiger partial charge in [-0.05, 0) is 48.6 Å². The Morgan fingerprint density at radius 2 is 2.00 bits per heavy atom. The second-order valence-electron chi connectivity index (χ2n) is 4.21. The van der Waals surface area contributed by atoms with E-state index in [4.69, 9.17) is 4.74 Å². The Morgan fingerprint density at radius 1 is 1.28 bits per heavy atom. The molecule has 0 amide bonds. The number of rotatable bonds is 3.